The van der Waals surface area contributed by atoms with Gasteiger partial charge in [0.2, 0.25) is 17.7 Å². The summed E-state index contributed by atoms with van der Waals surface area (Å²) >= 11 is 0. The first-order valence-electron chi connectivity index (χ1n) is 25.6. The molecule has 6 atom stereocenters. The average molecular weight is 1020 g/mol. The number of nitrogens with two attached hydrogens (primary N) is 2. The number of Topliss-reactive ketones (excluding diaryl/α,β-unsaturated/α-hetero) is 2. The number of hydrogen-bond acceptors (Lipinski definition) is 11. The van der Waals surface area contributed by atoms with Gasteiger partial charge in [0, 0.05) is 56.7 Å². The smallest absolute Gasteiger partial charge is 0.407 e. The van der Waals surface area contributed by atoms with E-state index in [4.69, 9.17) is 16.2 Å². The monoisotopic (exact) mass is 1020 g/mol. The molecule has 15 nitrogen and oxygen atoms in total. The standard InChI is InChI=1S/C35H51N3O6.C24H33N3O3/c1-22-15-27(39)16-23(2)28(22)19-29(38-31(41)20-34(4,5)6)30(40)17-24(3)32(42)36-21-26(18-25-13-11-10-12-14-25)37-33(43)44-35(7,8)9;1-15-9-20(28)10-16(2)21(15)13-22(26)23(29)11-17(3)24(30)27-14-19(25)12-18-7-5-4-6-8-18/h10-16,24,26,29,39H,17-21H2,1-9H3,(H,36,42)(H,37,43)(H,38,41);4-10,17,19,22,28H,11-14,25-26H2,1-3H3,(H,27,30)/t24-,26-,29-;17-,19-,22-/m00/s1. The van der Waals surface area contributed by atoms with Crippen LogP contribution in [0.15, 0.2) is 84.9 Å². The Bertz CT molecular complexity index is 2450. The van der Waals surface area contributed by atoms with E-state index in [0.29, 0.717) is 25.8 Å². The normalized spacial score (nSPS) is 13.9. The van der Waals surface area contributed by atoms with Crippen molar-refractivity contribution >= 4 is 35.4 Å². The van der Waals surface area contributed by atoms with Crippen molar-refractivity contribution in [2.45, 2.75) is 158 Å². The molecule has 0 spiro atoms. The summed E-state index contributed by atoms with van der Waals surface area (Å²) in [6.07, 6.45) is 1.44. The molecule has 404 valence electrons. The quantitative estimate of drug-likeness (QED) is 0.0362. The van der Waals surface area contributed by atoms with Crippen LogP contribution in [0.2, 0.25) is 0 Å². The zero-order valence-electron chi connectivity index (χ0n) is 45.8. The molecule has 0 saturated heterocycles. The van der Waals surface area contributed by atoms with E-state index in [1.54, 1.807) is 58.9 Å². The lowest BCUT2D eigenvalue weighted by molar-refractivity contribution is -0.131. The van der Waals surface area contributed by atoms with Gasteiger partial charge < -0.3 is 47.7 Å². The Morgan fingerprint density at radius 3 is 1.47 bits per heavy atom. The van der Waals surface area contributed by atoms with Gasteiger partial charge in [-0.25, -0.2) is 4.79 Å². The second-order valence-corrected chi connectivity index (χ2v) is 22.1. The van der Waals surface area contributed by atoms with Crippen molar-refractivity contribution in [3.05, 3.63) is 129 Å². The lowest BCUT2D eigenvalue weighted by Crippen LogP contribution is -2.48. The van der Waals surface area contributed by atoms with Gasteiger partial charge in [-0.1, -0.05) is 95.3 Å². The fraction of sp³-hybridized carbons (Fsp3) is 0.492. The van der Waals surface area contributed by atoms with E-state index < -0.39 is 41.7 Å². The summed E-state index contributed by atoms with van der Waals surface area (Å²) in [5, 5.41) is 31.1. The van der Waals surface area contributed by atoms with Crippen LogP contribution in [0, 0.1) is 44.9 Å². The largest absolute Gasteiger partial charge is 0.508 e. The molecule has 15 heteroatoms. The second kappa shape index (κ2) is 28.8. The van der Waals surface area contributed by atoms with Gasteiger partial charge in [0.05, 0.1) is 18.1 Å². The van der Waals surface area contributed by atoms with Crippen molar-refractivity contribution < 1.29 is 43.7 Å². The van der Waals surface area contributed by atoms with Gasteiger partial charge in [-0.3, -0.25) is 24.0 Å². The summed E-state index contributed by atoms with van der Waals surface area (Å²) in [7, 11) is 0. The third-order valence-corrected chi connectivity index (χ3v) is 12.4. The highest BCUT2D eigenvalue weighted by atomic mass is 16.6. The van der Waals surface area contributed by atoms with Crippen LogP contribution >= 0.6 is 0 Å². The first kappa shape index (κ1) is 61.7. The number of amides is 4. The fourth-order valence-corrected chi connectivity index (χ4v) is 8.52. The van der Waals surface area contributed by atoms with Crippen molar-refractivity contribution in [1.82, 2.24) is 21.3 Å². The number of aryl methyl sites for hydroxylation is 4. The van der Waals surface area contributed by atoms with Gasteiger partial charge in [-0.05, 0) is 142 Å². The number of phenolic OH excluding ortho intramolecular Hbond substituents is 2. The van der Waals surface area contributed by atoms with Gasteiger partial charge in [0.25, 0.3) is 0 Å². The molecule has 0 bridgehead atoms. The van der Waals surface area contributed by atoms with Crippen molar-refractivity contribution in [1.29, 1.82) is 0 Å². The van der Waals surface area contributed by atoms with Crippen LogP contribution < -0.4 is 32.7 Å². The maximum Gasteiger partial charge on any atom is 0.407 e. The van der Waals surface area contributed by atoms with Crippen LogP contribution in [0.25, 0.3) is 0 Å². The van der Waals surface area contributed by atoms with Crippen molar-refractivity contribution in [2.24, 2.45) is 28.7 Å². The lowest BCUT2D eigenvalue weighted by atomic mass is 9.89. The van der Waals surface area contributed by atoms with E-state index in [9.17, 15) is 39.0 Å². The molecule has 74 heavy (non-hydrogen) atoms. The molecule has 0 radical (unpaired) electrons. The van der Waals surface area contributed by atoms with Gasteiger partial charge in [0.1, 0.15) is 17.1 Å². The Kier molecular flexibility index (Phi) is 24.0. The first-order chi connectivity index (χ1) is 34.5. The molecule has 0 unspecified atom stereocenters. The minimum absolute atomic E-state index is 0.0781. The molecule has 0 heterocycles. The van der Waals surface area contributed by atoms with E-state index in [1.807, 2.05) is 109 Å². The molecule has 0 aliphatic heterocycles. The van der Waals surface area contributed by atoms with Crippen LogP contribution in [0.5, 0.6) is 11.5 Å². The average Bonchev–Trinajstić information content (AvgIpc) is 3.28. The number of aromatic hydroxyl groups is 2. The van der Waals surface area contributed by atoms with Crippen LogP contribution in [-0.2, 0) is 54.4 Å². The van der Waals surface area contributed by atoms with Crippen LogP contribution in [-0.4, -0.2) is 88.5 Å². The van der Waals surface area contributed by atoms with Gasteiger partial charge >= 0.3 is 6.09 Å². The minimum Gasteiger partial charge on any atom is -0.508 e. The number of hydrogen-bond donors (Lipinski definition) is 8. The van der Waals surface area contributed by atoms with E-state index in [2.05, 4.69) is 21.3 Å². The molecule has 4 rings (SSSR count). The van der Waals surface area contributed by atoms with Crippen LogP contribution in [0.3, 0.4) is 0 Å². The molecular formula is C59H84N6O9. The summed E-state index contributed by atoms with van der Waals surface area (Å²) < 4.78 is 5.42. The number of ether oxygens (including phenoxy) is 1. The molecule has 4 amide bonds. The highest BCUT2D eigenvalue weighted by Gasteiger charge is 2.29. The van der Waals surface area contributed by atoms with Gasteiger partial charge in [0.15, 0.2) is 11.6 Å². The van der Waals surface area contributed by atoms with E-state index in [1.165, 1.54) is 0 Å². The molecule has 0 aromatic heterocycles. The Labute approximate surface area is 439 Å². The Hall–Kier alpha value is -6.58. The number of carbonyl (C=O) groups excluding carboxylic acids is 6. The van der Waals surface area contributed by atoms with E-state index in [0.717, 1.165) is 44.5 Å². The highest BCUT2D eigenvalue weighted by molar-refractivity contribution is 5.93. The summed E-state index contributed by atoms with van der Waals surface area (Å²) in [4.78, 5) is 77.1. The number of carbonyl (C=O) groups is 6. The lowest BCUT2D eigenvalue weighted by Gasteiger charge is -2.25. The molecule has 0 fully saturated rings. The number of phenols is 2. The number of alkyl carbamates (subject to hydrolysis) is 1. The number of nitrogens with one attached hydrogen (secondary N) is 4. The number of benzene rings is 4. The summed E-state index contributed by atoms with van der Waals surface area (Å²) in [5.41, 5.74) is 18.6. The topological polar surface area (TPSA) is 252 Å². The minimum atomic E-state index is -0.832. The van der Waals surface area contributed by atoms with E-state index in [-0.39, 0.29) is 84.5 Å². The fourth-order valence-electron chi connectivity index (χ4n) is 8.52. The van der Waals surface area contributed by atoms with Crippen molar-refractivity contribution in [2.75, 3.05) is 13.1 Å². The second-order valence-electron chi connectivity index (χ2n) is 22.1. The predicted octanol–water partition coefficient (Wildman–Crippen LogP) is 7.48. The third kappa shape index (κ3) is 22.7. The Balaban J connectivity index is 0.000000419. The molecule has 0 aliphatic rings. The molecule has 10 N–H and O–H groups in total. The number of ketones is 2. The first-order valence-corrected chi connectivity index (χ1v) is 25.6. The van der Waals surface area contributed by atoms with Crippen LogP contribution in [0.4, 0.5) is 4.79 Å². The highest BCUT2D eigenvalue weighted by Crippen LogP contribution is 2.25. The summed E-state index contributed by atoms with van der Waals surface area (Å²) in [6, 6.07) is 23.9. The Morgan fingerprint density at radius 2 is 1.01 bits per heavy atom. The molecule has 0 aliphatic carbocycles. The maximum atomic E-state index is 13.6. The molecule has 0 saturated carbocycles. The van der Waals surface area contributed by atoms with Crippen molar-refractivity contribution in [3.8, 4) is 11.5 Å². The number of rotatable bonds is 23. The maximum absolute atomic E-state index is 13.6. The molecular weight excluding hydrogens is 937 g/mol. The van der Waals surface area contributed by atoms with E-state index >= 15 is 0 Å². The summed E-state index contributed by atoms with van der Waals surface area (Å²) in [5.74, 6) is -1.99. The van der Waals surface area contributed by atoms with Gasteiger partial charge in [-0.2, -0.15) is 0 Å². The Morgan fingerprint density at radius 1 is 0.581 bits per heavy atom. The van der Waals surface area contributed by atoms with Crippen molar-refractivity contribution in [3.63, 3.8) is 0 Å². The predicted molar refractivity (Wildman–Crippen MR) is 292 cm³/mol. The van der Waals surface area contributed by atoms with Gasteiger partial charge in [-0.15, -0.1) is 0 Å². The molecule has 4 aromatic rings. The molecule has 4 aromatic carbocycles. The summed E-state index contributed by atoms with van der Waals surface area (Å²) in [6.45, 7) is 22.6. The third-order valence-electron chi connectivity index (χ3n) is 12.4. The zero-order chi connectivity index (χ0) is 55.5. The zero-order valence-corrected chi connectivity index (χ0v) is 45.8. The van der Waals surface area contributed by atoms with Crippen LogP contribution in [0.1, 0.15) is 119 Å². The SMILES string of the molecule is Cc1cc(O)cc(C)c1C[C@H](N)C(=O)C[C@H](C)C(=O)NC[C@@H](N)Cc1ccccc1.Cc1cc(O)cc(C)c1C[C@H](NC(=O)CC(C)(C)C)C(=O)C[C@H](C)C(=O)NC[C@H](Cc1ccccc1)NC(=O)OC(C)(C)C.